The molecule has 0 aliphatic heterocycles. The van der Waals surface area contributed by atoms with Crippen LogP contribution < -0.4 is 0 Å². The average molecular weight is 204 g/mol. The Labute approximate surface area is 91.6 Å². The van der Waals surface area contributed by atoms with Crippen molar-refractivity contribution in [2.24, 2.45) is 35.0 Å². The van der Waals surface area contributed by atoms with Gasteiger partial charge in [-0.05, 0) is 61.7 Å². The third kappa shape index (κ3) is 0.819. The molecule has 5 aliphatic carbocycles. The molecule has 0 aromatic rings. The largest absolute Gasteiger partial charge is 0.299 e. The van der Waals surface area contributed by atoms with Gasteiger partial charge in [-0.2, -0.15) is 0 Å². The van der Waals surface area contributed by atoms with Crippen LogP contribution >= 0.6 is 0 Å². The molecule has 5 rings (SSSR count). The Morgan fingerprint density at radius 1 is 1.20 bits per heavy atom. The van der Waals surface area contributed by atoms with Gasteiger partial charge in [0.1, 0.15) is 5.78 Å². The van der Waals surface area contributed by atoms with E-state index in [9.17, 15) is 4.79 Å². The van der Waals surface area contributed by atoms with Crippen molar-refractivity contribution in [3.8, 4) is 0 Å². The van der Waals surface area contributed by atoms with Crippen molar-refractivity contribution < 1.29 is 4.79 Å². The Morgan fingerprint density at radius 2 is 2.07 bits per heavy atom. The molecule has 4 unspecified atom stereocenters. The summed E-state index contributed by atoms with van der Waals surface area (Å²) < 4.78 is 0. The van der Waals surface area contributed by atoms with E-state index < -0.39 is 0 Å². The second-order valence-corrected chi connectivity index (χ2v) is 6.69. The van der Waals surface area contributed by atoms with E-state index in [0.29, 0.717) is 5.78 Å². The topological polar surface area (TPSA) is 17.1 Å². The van der Waals surface area contributed by atoms with Crippen molar-refractivity contribution in [1.29, 1.82) is 0 Å². The molecule has 0 radical (unpaired) electrons. The van der Waals surface area contributed by atoms with Crippen LogP contribution in [0.1, 0.15) is 45.4 Å². The van der Waals surface area contributed by atoms with Crippen LogP contribution in [0.4, 0.5) is 0 Å². The Morgan fingerprint density at radius 3 is 2.73 bits per heavy atom. The molecular weight excluding hydrogens is 184 g/mol. The van der Waals surface area contributed by atoms with E-state index in [-0.39, 0.29) is 5.41 Å². The summed E-state index contributed by atoms with van der Waals surface area (Å²) in [4.78, 5) is 12.1. The maximum absolute atomic E-state index is 12.1. The monoisotopic (exact) mass is 204 g/mol. The maximum Gasteiger partial charge on any atom is 0.139 e. The quantitative estimate of drug-likeness (QED) is 0.592. The molecule has 5 saturated carbocycles. The minimum Gasteiger partial charge on any atom is -0.299 e. The number of rotatable bonds is 0. The van der Waals surface area contributed by atoms with Crippen LogP contribution in [0.2, 0.25) is 0 Å². The van der Waals surface area contributed by atoms with Gasteiger partial charge in [-0.25, -0.2) is 0 Å². The molecule has 0 heterocycles. The van der Waals surface area contributed by atoms with Crippen molar-refractivity contribution in [3.63, 3.8) is 0 Å². The molecule has 6 atom stereocenters. The van der Waals surface area contributed by atoms with Gasteiger partial charge >= 0.3 is 0 Å². The Balaban J connectivity index is 1.80. The fourth-order valence-corrected chi connectivity index (χ4v) is 5.75. The predicted molar refractivity (Wildman–Crippen MR) is 58.3 cm³/mol. The molecule has 1 nitrogen and oxygen atoms in total. The van der Waals surface area contributed by atoms with E-state index in [1.54, 1.807) is 0 Å². The van der Waals surface area contributed by atoms with Gasteiger partial charge in [-0.15, -0.1) is 0 Å². The normalized spacial score (nSPS) is 61.1. The van der Waals surface area contributed by atoms with Crippen molar-refractivity contribution in [2.75, 3.05) is 0 Å². The molecular formula is C14H20O. The fraction of sp³-hybridized carbons (Fsp3) is 0.929. The zero-order chi connectivity index (χ0) is 10.2. The molecule has 5 aliphatic rings. The van der Waals surface area contributed by atoms with Crippen molar-refractivity contribution in [1.82, 2.24) is 0 Å². The highest BCUT2D eigenvalue weighted by atomic mass is 16.1. The molecule has 0 aromatic carbocycles. The van der Waals surface area contributed by atoms with Gasteiger partial charge in [0.2, 0.25) is 0 Å². The summed E-state index contributed by atoms with van der Waals surface area (Å²) >= 11 is 0. The van der Waals surface area contributed by atoms with Crippen molar-refractivity contribution >= 4 is 5.78 Å². The Bertz CT molecular complexity index is 334. The van der Waals surface area contributed by atoms with Gasteiger partial charge < -0.3 is 0 Å². The summed E-state index contributed by atoms with van der Waals surface area (Å²) in [6.07, 6.45) is 7.80. The van der Waals surface area contributed by atoms with Crippen molar-refractivity contribution in [3.05, 3.63) is 0 Å². The Hall–Kier alpha value is -0.330. The third-order valence-electron chi connectivity index (χ3n) is 6.48. The summed E-state index contributed by atoms with van der Waals surface area (Å²) in [6.45, 7) is 2.43. The van der Waals surface area contributed by atoms with Gasteiger partial charge in [0.05, 0.1) is 0 Å². The summed E-state index contributed by atoms with van der Waals surface area (Å²) in [7, 11) is 0. The molecule has 1 spiro atoms. The summed E-state index contributed by atoms with van der Waals surface area (Å²) in [6, 6.07) is 0. The number of carbonyl (C=O) groups excluding carboxylic acids is 1. The minimum absolute atomic E-state index is 0.215. The first-order valence-corrected chi connectivity index (χ1v) is 6.75. The summed E-state index contributed by atoms with van der Waals surface area (Å²) in [5, 5.41) is 0. The lowest BCUT2D eigenvalue weighted by Gasteiger charge is -2.66. The van der Waals surface area contributed by atoms with Crippen LogP contribution in [0.3, 0.4) is 0 Å². The molecule has 0 saturated heterocycles. The lowest BCUT2D eigenvalue weighted by Crippen LogP contribution is -2.63. The first-order chi connectivity index (χ1) is 7.22. The van der Waals surface area contributed by atoms with E-state index >= 15 is 0 Å². The fourth-order valence-electron chi connectivity index (χ4n) is 5.75. The maximum atomic E-state index is 12.1. The second kappa shape index (κ2) is 2.49. The second-order valence-electron chi connectivity index (χ2n) is 6.69. The average Bonchev–Trinajstić information content (AvgIpc) is 2.23. The van der Waals surface area contributed by atoms with Crippen LogP contribution in [0.25, 0.3) is 0 Å². The van der Waals surface area contributed by atoms with Crippen LogP contribution in [-0.4, -0.2) is 5.78 Å². The highest BCUT2D eigenvalue weighted by molar-refractivity contribution is 5.91. The molecule has 0 amide bonds. The molecule has 0 aromatic heterocycles. The first kappa shape index (κ1) is 8.78. The van der Waals surface area contributed by atoms with E-state index in [4.69, 9.17) is 0 Å². The SMILES string of the molecule is C[C@@H]1C2CC3CC(C2)[C@@]2(CCC2=O)C1C3. The number of hydrogen-bond acceptors (Lipinski definition) is 1. The lowest BCUT2D eigenvalue weighted by atomic mass is 9.37. The number of Topliss-reactive ketones (excluding diaryl/α,β-unsaturated/α-hetero) is 1. The zero-order valence-corrected chi connectivity index (χ0v) is 9.54. The van der Waals surface area contributed by atoms with Gasteiger partial charge in [0.15, 0.2) is 0 Å². The molecule has 1 heteroatoms. The molecule has 15 heavy (non-hydrogen) atoms. The van der Waals surface area contributed by atoms with Gasteiger partial charge in [0, 0.05) is 11.8 Å². The first-order valence-electron chi connectivity index (χ1n) is 6.75. The van der Waals surface area contributed by atoms with Crippen LogP contribution in [0.15, 0.2) is 0 Å². The summed E-state index contributed by atoms with van der Waals surface area (Å²) in [5.74, 6) is 5.05. The van der Waals surface area contributed by atoms with Gasteiger partial charge in [-0.3, -0.25) is 4.79 Å². The summed E-state index contributed by atoms with van der Waals surface area (Å²) in [5.41, 5.74) is 0.215. The molecule has 82 valence electrons. The van der Waals surface area contributed by atoms with Crippen LogP contribution in [0.5, 0.6) is 0 Å². The zero-order valence-electron chi connectivity index (χ0n) is 9.54. The van der Waals surface area contributed by atoms with Crippen LogP contribution in [-0.2, 0) is 4.79 Å². The minimum atomic E-state index is 0.215. The molecule has 5 fully saturated rings. The van der Waals surface area contributed by atoms with E-state index in [1.807, 2.05) is 0 Å². The molecule has 4 bridgehead atoms. The molecule has 0 N–H and O–H groups in total. The van der Waals surface area contributed by atoms with E-state index in [1.165, 1.54) is 32.1 Å². The lowest BCUT2D eigenvalue weighted by molar-refractivity contribution is -0.188. The number of hydrogen-bond donors (Lipinski definition) is 0. The van der Waals surface area contributed by atoms with Crippen molar-refractivity contribution in [2.45, 2.75) is 45.4 Å². The van der Waals surface area contributed by atoms with Gasteiger partial charge in [0.25, 0.3) is 0 Å². The third-order valence-corrected chi connectivity index (χ3v) is 6.48. The number of carbonyl (C=O) groups is 1. The van der Waals surface area contributed by atoms with E-state index in [0.717, 1.165) is 36.0 Å². The smallest absolute Gasteiger partial charge is 0.139 e. The highest BCUT2D eigenvalue weighted by Gasteiger charge is 2.65. The van der Waals surface area contributed by atoms with E-state index in [2.05, 4.69) is 6.92 Å². The standard InChI is InChI=1S/C14H20O/c1-8-10-4-9-5-11(7-10)14(12(8)6-9)3-2-13(14)15/h8-12H,2-7H2,1H3/t8-,9?,10?,11?,12?,14+/m1/s1. The highest BCUT2D eigenvalue weighted by Crippen LogP contribution is 2.69. The number of ketones is 1. The Kier molecular flexibility index (Phi) is 1.46. The predicted octanol–water partition coefficient (Wildman–Crippen LogP) is 3.04. The van der Waals surface area contributed by atoms with Crippen LogP contribution in [0, 0.1) is 35.0 Å². The van der Waals surface area contributed by atoms with Gasteiger partial charge in [-0.1, -0.05) is 6.92 Å².